The molecule has 0 spiro atoms. The first-order valence-corrected chi connectivity index (χ1v) is 10.8. The minimum Gasteiger partial charge on any atom is -0.368 e. The third-order valence-corrected chi connectivity index (χ3v) is 5.64. The fourth-order valence-electron chi connectivity index (χ4n) is 3.93. The molecule has 0 bridgehead atoms. The quantitative estimate of drug-likeness (QED) is 0.379. The molecular weight excluding hydrogens is 462 g/mol. The van der Waals surface area contributed by atoms with E-state index in [1.54, 1.807) is 50.5 Å². The van der Waals surface area contributed by atoms with Crippen molar-refractivity contribution in [2.45, 2.75) is 13.0 Å². The molecule has 1 aromatic carbocycles. The Hall–Kier alpha value is -5.31. The van der Waals surface area contributed by atoms with Crippen molar-refractivity contribution in [3.63, 3.8) is 0 Å². The summed E-state index contributed by atoms with van der Waals surface area (Å²) in [7, 11) is 1.64. The van der Waals surface area contributed by atoms with E-state index in [9.17, 15) is 14.9 Å². The van der Waals surface area contributed by atoms with Gasteiger partial charge in [0.15, 0.2) is 5.82 Å². The van der Waals surface area contributed by atoms with E-state index in [4.69, 9.17) is 15.2 Å². The Kier molecular flexibility index (Phi) is 5.50. The molecule has 4 heterocycles. The van der Waals surface area contributed by atoms with Crippen LogP contribution in [0.4, 0.5) is 11.8 Å². The van der Waals surface area contributed by atoms with Gasteiger partial charge in [-0.05, 0) is 30.2 Å². The molecular formula is C24H19N9O3. The van der Waals surface area contributed by atoms with Crippen molar-refractivity contribution >= 4 is 22.7 Å². The Bertz CT molecular complexity index is 1770. The molecule has 5 rings (SSSR count). The van der Waals surface area contributed by atoms with Crippen LogP contribution in [0.25, 0.3) is 27.8 Å². The van der Waals surface area contributed by atoms with Crippen LogP contribution < -0.4 is 22.2 Å². The maximum atomic E-state index is 14.0. The molecule has 0 aliphatic carbocycles. The van der Waals surface area contributed by atoms with Gasteiger partial charge < -0.3 is 20.1 Å². The minimum atomic E-state index is -0.610. The molecule has 12 nitrogen and oxygen atoms in total. The van der Waals surface area contributed by atoms with Crippen LogP contribution >= 0.6 is 0 Å². The van der Waals surface area contributed by atoms with Gasteiger partial charge in [0.25, 0.3) is 5.56 Å². The number of anilines is 2. The zero-order valence-corrected chi connectivity index (χ0v) is 19.2. The number of nitrogens with one attached hydrogen (secondary N) is 1. The number of hydrogen-bond acceptors (Lipinski definition) is 10. The predicted molar refractivity (Wildman–Crippen MR) is 131 cm³/mol. The van der Waals surface area contributed by atoms with Gasteiger partial charge in [-0.15, -0.1) is 0 Å². The molecule has 178 valence electrons. The normalized spacial score (nSPS) is 11.8. The fourth-order valence-corrected chi connectivity index (χ4v) is 3.93. The van der Waals surface area contributed by atoms with Gasteiger partial charge in [-0.3, -0.25) is 9.59 Å². The smallest absolute Gasteiger partial charge is 0.267 e. The number of pyridine rings is 1. The molecule has 0 aliphatic rings. The highest BCUT2D eigenvalue weighted by Gasteiger charge is 2.22. The monoisotopic (exact) mass is 481 g/mol. The average Bonchev–Trinajstić information content (AvgIpc) is 3.40. The molecule has 5 aromatic rings. The number of aryl methyl sites for hydroxylation is 1. The Balaban J connectivity index is 1.74. The number of hydrogen-bond donors (Lipinski definition) is 2. The van der Waals surface area contributed by atoms with Crippen LogP contribution in [0.2, 0.25) is 0 Å². The SMILES string of the molecule is C[C@@H](Nc1nc(N)ncc1C#N)c1nc2cccc(-c3ccc(=O)n(C)c3)c2c(=O)n1-c1ccon1. The standard InChI is InChI=1S/C24H19N9O3/c1-13(28-21-15(10-25)11-27-24(26)30-21)22-29-17-5-3-4-16(14-6-7-19(34)32(2)12-14)20(17)23(35)33(22)18-8-9-36-31-18/h3-9,11-13H,1-2H3,(H3,26,27,28,30)/t13-/m1/s1. The van der Waals surface area contributed by atoms with Crippen LogP contribution in [-0.4, -0.2) is 29.2 Å². The number of nitrogen functional groups attached to an aromatic ring is 1. The second-order valence-corrected chi connectivity index (χ2v) is 8.00. The van der Waals surface area contributed by atoms with Gasteiger partial charge in [0.2, 0.25) is 11.5 Å². The summed E-state index contributed by atoms with van der Waals surface area (Å²) in [6.45, 7) is 1.76. The van der Waals surface area contributed by atoms with E-state index in [2.05, 4.69) is 20.4 Å². The Labute approximate surface area is 203 Å². The summed E-state index contributed by atoms with van der Waals surface area (Å²) in [5.74, 6) is 0.736. The second-order valence-electron chi connectivity index (χ2n) is 8.00. The van der Waals surface area contributed by atoms with E-state index < -0.39 is 6.04 Å². The maximum absolute atomic E-state index is 14.0. The summed E-state index contributed by atoms with van der Waals surface area (Å²) in [5, 5.41) is 16.8. The fraction of sp³-hybridized carbons (Fsp3) is 0.125. The van der Waals surface area contributed by atoms with E-state index in [-0.39, 0.29) is 34.3 Å². The predicted octanol–water partition coefficient (Wildman–Crippen LogP) is 2.16. The molecule has 0 saturated heterocycles. The molecule has 1 atom stereocenters. The minimum absolute atomic E-state index is 0.00837. The van der Waals surface area contributed by atoms with Gasteiger partial charge in [-0.2, -0.15) is 10.2 Å². The van der Waals surface area contributed by atoms with Crippen LogP contribution in [0.5, 0.6) is 0 Å². The van der Waals surface area contributed by atoms with Gasteiger partial charge in [0.1, 0.15) is 29.5 Å². The van der Waals surface area contributed by atoms with E-state index in [1.165, 1.54) is 27.7 Å². The molecule has 12 heteroatoms. The first-order valence-electron chi connectivity index (χ1n) is 10.8. The lowest BCUT2D eigenvalue weighted by atomic mass is 10.0. The average molecular weight is 481 g/mol. The zero-order valence-electron chi connectivity index (χ0n) is 19.2. The summed E-state index contributed by atoms with van der Waals surface area (Å²) in [4.78, 5) is 38.6. The summed E-state index contributed by atoms with van der Waals surface area (Å²) in [5.41, 5.74) is 7.08. The molecule has 0 aliphatic heterocycles. The van der Waals surface area contributed by atoms with Crippen molar-refractivity contribution in [2.24, 2.45) is 7.05 Å². The first kappa shape index (κ1) is 22.5. The van der Waals surface area contributed by atoms with E-state index in [1.807, 2.05) is 6.07 Å². The van der Waals surface area contributed by atoms with Crippen molar-refractivity contribution in [1.82, 2.24) is 29.2 Å². The van der Waals surface area contributed by atoms with Crippen molar-refractivity contribution < 1.29 is 4.52 Å². The number of benzene rings is 1. The molecule has 0 saturated carbocycles. The number of fused-ring (bicyclic) bond motifs is 1. The summed E-state index contributed by atoms with van der Waals surface area (Å²) in [6.07, 6.45) is 4.33. The number of nitrogens with zero attached hydrogens (tertiary/aromatic N) is 7. The molecule has 0 unspecified atom stereocenters. The Morgan fingerprint density at radius 1 is 1.17 bits per heavy atom. The van der Waals surface area contributed by atoms with Gasteiger partial charge in [-0.1, -0.05) is 17.3 Å². The van der Waals surface area contributed by atoms with Crippen LogP contribution in [-0.2, 0) is 7.05 Å². The Morgan fingerprint density at radius 2 is 2.00 bits per heavy atom. The summed E-state index contributed by atoms with van der Waals surface area (Å²) < 4.78 is 7.79. The van der Waals surface area contributed by atoms with Crippen molar-refractivity contribution in [2.75, 3.05) is 11.1 Å². The summed E-state index contributed by atoms with van der Waals surface area (Å²) in [6, 6.07) is 11.4. The van der Waals surface area contributed by atoms with Crippen LogP contribution in [0.3, 0.4) is 0 Å². The number of nitrogens with two attached hydrogens (primary N) is 1. The molecule has 0 fully saturated rings. The topological polar surface area (TPSA) is 171 Å². The third kappa shape index (κ3) is 3.84. The van der Waals surface area contributed by atoms with Crippen molar-refractivity contribution in [1.29, 1.82) is 5.26 Å². The van der Waals surface area contributed by atoms with Crippen molar-refractivity contribution in [3.05, 3.63) is 87.2 Å². The lowest BCUT2D eigenvalue weighted by Gasteiger charge is -2.20. The lowest BCUT2D eigenvalue weighted by molar-refractivity contribution is 0.415. The van der Waals surface area contributed by atoms with Crippen molar-refractivity contribution in [3.8, 4) is 23.0 Å². The van der Waals surface area contributed by atoms with E-state index >= 15 is 0 Å². The Morgan fingerprint density at radius 3 is 2.72 bits per heavy atom. The van der Waals surface area contributed by atoms with Crippen LogP contribution in [0, 0.1) is 11.3 Å². The third-order valence-electron chi connectivity index (χ3n) is 5.64. The maximum Gasteiger partial charge on any atom is 0.267 e. The van der Waals surface area contributed by atoms with Gasteiger partial charge >= 0.3 is 0 Å². The van der Waals surface area contributed by atoms with Crippen LogP contribution in [0.15, 0.2) is 69.2 Å². The molecule has 0 amide bonds. The van der Waals surface area contributed by atoms with Gasteiger partial charge in [-0.25, -0.2) is 14.5 Å². The molecule has 36 heavy (non-hydrogen) atoms. The largest absolute Gasteiger partial charge is 0.368 e. The van der Waals surface area contributed by atoms with E-state index in [0.29, 0.717) is 27.9 Å². The lowest BCUT2D eigenvalue weighted by Crippen LogP contribution is -2.28. The number of aromatic nitrogens is 6. The van der Waals surface area contributed by atoms with Crippen LogP contribution in [0.1, 0.15) is 24.4 Å². The summed E-state index contributed by atoms with van der Waals surface area (Å²) >= 11 is 0. The van der Waals surface area contributed by atoms with Gasteiger partial charge in [0, 0.05) is 25.4 Å². The molecule has 4 aromatic heterocycles. The first-order chi connectivity index (χ1) is 17.4. The highest BCUT2D eigenvalue weighted by atomic mass is 16.5. The number of nitriles is 1. The molecule has 0 radical (unpaired) electrons. The molecule has 3 N–H and O–H groups in total. The highest BCUT2D eigenvalue weighted by Crippen LogP contribution is 2.28. The highest BCUT2D eigenvalue weighted by molar-refractivity contribution is 5.94. The van der Waals surface area contributed by atoms with Gasteiger partial charge in [0.05, 0.1) is 23.1 Å². The second kappa shape index (κ2) is 8.80. The number of rotatable bonds is 5. The van der Waals surface area contributed by atoms with E-state index in [0.717, 1.165) is 0 Å². The zero-order chi connectivity index (χ0) is 25.4.